The minimum Gasteiger partial charge on any atom is -0.0683 e. The van der Waals surface area contributed by atoms with Gasteiger partial charge in [-0.05, 0) is 36.5 Å². The van der Waals surface area contributed by atoms with Crippen LogP contribution in [-0.2, 0) is 12.8 Å². The second kappa shape index (κ2) is 11.3. The van der Waals surface area contributed by atoms with E-state index in [1.54, 1.807) is 0 Å². The van der Waals surface area contributed by atoms with Crippen LogP contribution < -0.4 is 0 Å². The lowest BCUT2D eigenvalue weighted by Crippen LogP contribution is -1.90. The van der Waals surface area contributed by atoms with Crippen molar-refractivity contribution >= 4 is 0 Å². The van der Waals surface area contributed by atoms with Crippen molar-refractivity contribution in [1.29, 1.82) is 0 Å². The van der Waals surface area contributed by atoms with Gasteiger partial charge >= 0.3 is 0 Å². The number of benzene rings is 2. The van der Waals surface area contributed by atoms with E-state index in [0.29, 0.717) is 0 Å². The van der Waals surface area contributed by atoms with Crippen LogP contribution in [0.1, 0.15) is 56.9 Å². The molecule has 0 bridgehead atoms. The Balaban J connectivity index is 0.000000829. The molecular weight excluding hydrogens is 240 g/mol. The van der Waals surface area contributed by atoms with Crippen LogP contribution in [0.5, 0.6) is 0 Å². The molecular formula is C20H30. The molecule has 0 aliphatic carbocycles. The first-order chi connectivity index (χ1) is 9.78. The van der Waals surface area contributed by atoms with E-state index in [1.807, 2.05) is 27.7 Å². The molecule has 0 N–H and O–H groups in total. The highest BCUT2D eigenvalue weighted by Crippen LogP contribution is 2.13. The molecule has 0 nitrogen and oxygen atoms in total. The predicted molar refractivity (Wildman–Crippen MR) is 92.5 cm³/mol. The van der Waals surface area contributed by atoms with Gasteiger partial charge in [-0.1, -0.05) is 88.7 Å². The summed E-state index contributed by atoms with van der Waals surface area (Å²) in [6.45, 7) is 12.3. The van der Waals surface area contributed by atoms with E-state index in [0.717, 1.165) is 12.8 Å². The number of aryl methyl sites for hydroxylation is 2. The van der Waals surface area contributed by atoms with Gasteiger partial charge in [0.15, 0.2) is 0 Å². The van der Waals surface area contributed by atoms with Crippen LogP contribution in [0.4, 0.5) is 0 Å². The molecule has 0 saturated carbocycles. The van der Waals surface area contributed by atoms with Gasteiger partial charge in [0.25, 0.3) is 0 Å². The fourth-order valence-electron chi connectivity index (χ4n) is 2.02. The Morgan fingerprint density at radius 1 is 0.700 bits per heavy atom. The van der Waals surface area contributed by atoms with Crippen LogP contribution in [0.15, 0.2) is 48.5 Å². The molecule has 0 heterocycles. The first-order valence-electron chi connectivity index (χ1n) is 7.91. The lowest BCUT2D eigenvalue weighted by Gasteiger charge is -2.05. The van der Waals surface area contributed by atoms with Gasteiger partial charge in [0.2, 0.25) is 0 Å². The Kier molecular flexibility index (Phi) is 10.4. The highest BCUT2D eigenvalue weighted by molar-refractivity contribution is 5.31. The summed E-state index contributed by atoms with van der Waals surface area (Å²) in [5.74, 6) is 0. The van der Waals surface area contributed by atoms with Crippen LogP contribution in [0.25, 0.3) is 0 Å². The van der Waals surface area contributed by atoms with Gasteiger partial charge in [0, 0.05) is 0 Å². The van der Waals surface area contributed by atoms with E-state index >= 15 is 0 Å². The standard InChI is InChI=1S/C16H18.2C2H6/c1-3-14-7-5-9-16(11-14)12-15-8-4-6-13(2)10-15;2*1-2/h4-11H,3,12H2,1-2H3;2*1-2H3. The van der Waals surface area contributed by atoms with Gasteiger partial charge in [-0.15, -0.1) is 0 Å². The summed E-state index contributed by atoms with van der Waals surface area (Å²) in [7, 11) is 0. The van der Waals surface area contributed by atoms with Crippen LogP contribution in [0.3, 0.4) is 0 Å². The maximum absolute atomic E-state index is 2.31. The molecule has 0 amide bonds. The molecule has 0 aliphatic rings. The fraction of sp³-hybridized carbons (Fsp3) is 0.400. The maximum atomic E-state index is 2.31. The normalized spacial score (nSPS) is 8.90. The van der Waals surface area contributed by atoms with Crippen molar-refractivity contribution in [2.75, 3.05) is 0 Å². The maximum Gasteiger partial charge on any atom is -0.00256 e. The minimum atomic E-state index is 1.04. The molecule has 0 heteroatoms. The smallest absolute Gasteiger partial charge is 0.00256 e. The molecule has 0 radical (unpaired) electrons. The van der Waals surface area contributed by atoms with Crippen molar-refractivity contribution in [3.05, 3.63) is 70.8 Å². The third-order valence-corrected chi connectivity index (χ3v) is 2.89. The van der Waals surface area contributed by atoms with Crippen molar-refractivity contribution in [3.8, 4) is 0 Å². The zero-order chi connectivity index (χ0) is 15.4. The van der Waals surface area contributed by atoms with E-state index in [4.69, 9.17) is 0 Å². The van der Waals surface area contributed by atoms with Gasteiger partial charge in [-0.3, -0.25) is 0 Å². The molecule has 20 heavy (non-hydrogen) atoms. The highest BCUT2D eigenvalue weighted by Gasteiger charge is 1.97. The topological polar surface area (TPSA) is 0 Å². The summed E-state index contributed by atoms with van der Waals surface area (Å²) in [6, 6.07) is 17.6. The first kappa shape index (κ1) is 18.4. The highest BCUT2D eigenvalue weighted by atomic mass is 14.0. The van der Waals surface area contributed by atoms with E-state index < -0.39 is 0 Å². The predicted octanol–water partition coefficient (Wildman–Crippen LogP) is 6.20. The minimum absolute atomic E-state index is 1.04. The largest absolute Gasteiger partial charge is 0.0683 e. The molecule has 0 atom stereocenters. The van der Waals surface area contributed by atoms with Gasteiger partial charge in [0.05, 0.1) is 0 Å². The van der Waals surface area contributed by atoms with E-state index in [2.05, 4.69) is 62.4 Å². The zero-order valence-corrected chi connectivity index (χ0v) is 14.0. The van der Waals surface area contributed by atoms with E-state index in [1.165, 1.54) is 22.3 Å². The molecule has 0 fully saturated rings. The van der Waals surface area contributed by atoms with Crippen molar-refractivity contribution in [2.45, 2.75) is 54.4 Å². The van der Waals surface area contributed by atoms with Gasteiger partial charge in [-0.25, -0.2) is 0 Å². The molecule has 2 aromatic rings. The second-order valence-corrected chi connectivity index (χ2v) is 4.34. The fourth-order valence-corrected chi connectivity index (χ4v) is 2.02. The van der Waals surface area contributed by atoms with Crippen LogP contribution in [0.2, 0.25) is 0 Å². The SMILES string of the molecule is CC.CC.CCc1cccc(Cc2cccc(C)c2)c1. The zero-order valence-electron chi connectivity index (χ0n) is 14.0. The second-order valence-electron chi connectivity index (χ2n) is 4.34. The molecule has 2 rings (SSSR count). The molecule has 0 unspecified atom stereocenters. The van der Waals surface area contributed by atoms with Crippen molar-refractivity contribution in [3.63, 3.8) is 0 Å². The number of hydrogen-bond acceptors (Lipinski definition) is 0. The number of rotatable bonds is 3. The molecule has 0 saturated heterocycles. The molecule has 0 spiro atoms. The quantitative estimate of drug-likeness (QED) is 0.623. The van der Waals surface area contributed by atoms with Crippen molar-refractivity contribution in [2.24, 2.45) is 0 Å². The Morgan fingerprint density at radius 3 is 1.75 bits per heavy atom. The monoisotopic (exact) mass is 270 g/mol. The molecule has 0 aromatic heterocycles. The molecule has 2 aromatic carbocycles. The summed E-state index contributed by atoms with van der Waals surface area (Å²) < 4.78 is 0. The van der Waals surface area contributed by atoms with Crippen LogP contribution >= 0.6 is 0 Å². The first-order valence-corrected chi connectivity index (χ1v) is 7.91. The van der Waals surface area contributed by atoms with Crippen LogP contribution in [0, 0.1) is 6.92 Å². The Morgan fingerprint density at radius 2 is 1.20 bits per heavy atom. The summed E-state index contributed by atoms with van der Waals surface area (Å²) in [6.07, 6.45) is 2.15. The average Bonchev–Trinajstić information content (AvgIpc) is 2.51. The van der Waals surface area contributed by atoms with Gasteiger partial charge in [-0.2, -0.15) is 0 Å². The van der Waals surface area contributed by atoms with E-state index in [-0.39, 0.29) is 0 Å². The third-order valence-electron chi connectivity index (χ3n) is 2.89. The lowest BCUT2D eigenvalue weighted by molar-refractivity contribution is 1.11. The summed E-state index contributed by atoms with van der Waals surface area (Å²) in [4.78, 5) is 0. The van der Waals surface area contributed by atoms with Crippen molar-refractivity contribution < 1.29 is 0 Å². The summed E-state index contributed by atoms with van der Waals surface area (Å²) >= 11 is 0. The van der Waals surface area contributed by atoms with Gasteiger partial charge < -0.3 is 0 Å². The lowest BCUT2D eigenvalue weighted by atomic mass is 10.0. The molecule has 110 valence electrons. The Hall–Kier alpha value is -1.56. The summed E-state index contributed by atoms with van der Waals surface area (Å²) in [5, 5.41) is 0. The Labute approximate surface area is 125 Å². The third kappa shape index (κ3) is 6.56. The van der Waals surface area contributed by atoms with Gasteiger partial charge in [0.1, 0.15) is 0 Å². The summed E-state index contributed by atoms with van der Waals surface area (Å²) in [5.41, 5.74) is 5.56. The van der Waals surface area contributed by atoms with Crippen LogP contribution in [-0.4, -0.2) is 0 Å². The Bertz CT molecular complexity index is 469. The average molecular weight is 270 g/mol. The number of hydrogen-bond donors (Lipinski definition) is 0. The van der Waals surface area contributed by atoms with Crippen molar-refractivity contribution in [1.82, 2.24) is 0 Å². The van der Waals surface area contributed by atoms with E-state index in [9.17, 15) is 0 Å². The molecule has 0 aliphatic heterocycles.